The van der Waals surface area contributed by atoms with Crippen LogP contribution in [-0.2, 0) is 6.42 Å². The van der Waals surface area contributed by atoms with E-state index in [1.165, 1.54) is 11.6 Å². The van der Waals surface area contributed by atoms with E-state index in [1.807, 2.05) is 43.3 Å². The highest BCUT2D eigenvalue weighted by Gasteiger charge is 2.12. The average Bonchev–Trinajstić information content (AvgIpc) is 2.78. The molecule has 0 bridgehead atoms. The summed E-state index contributed by atoms with van der Waals surface area (Å²) in [6.45, 7) is 3.15. The minimum atomic E-state index is -0.652. The number of fused-ring (bicyclic) bond motifs is 1. The number of halogens is 1. The Balaban J connectivity index is 1.30. The van der Waals surface area contributed by atoms with E-state index in [1.54, 1.807) is 6.07 Å². The van der Waals surface area contributed by atoms with Crippen LogP contribution >= 0.6 is 15.9 Å². The van der Waals surface area contributed by atoms with Crippen LogP contribution in [-0.4, -0.2) is 23.2 Å². The number of H-pyrrole nitrogens is 1. The van der Waals surface area contributed by atoms with E-state index < -0.39 is 6.10 Å². The zero-order chi connectivity index (χ0) is 22.5. The molecule has 4 aromatic rings. The number of aliphatic hydroxyl groups is 1. The second-order valence-corrected chi connectivity index (χ2v) is 8.80. The van der Waals surface area contributed by atoms with E-state index in [2.05, 4.69) is 55.8 Å². The number of aryl methyl sites for hydroxylation is 1. The van der Waals surface area contributed by atoms with Crippen molar-refractivity contribution in [3.05, 3.63) is 104 Å². The van der Waals surface area contributed by atoms with Crippen molar-refractivity contribution in [3.8, 4) is 0 Å². The Bertz CT molecular complexity index is 1270. The van der Waals surface area contributed by atoms with E-state index in [-0.39, 0.29) is 5.56 Å². The molecule has 0 aliphatic rings. The lowest BCUT2D eigenvalue weighted by atomic mass is 10.0. The van der Waals surface area contributed by atoms with Crippen molar-refractivity contribution < 1.29 is 5.11 Å². The highest BCUT2D eigenvalue weighted by Crippen LogP contribution is 2.25. The third kappa shape index (κ3) is 5.46. The summed E-state index contributed by atoms with van der Waals surface area (Å²) in [5, 5.41) is 18.3. The van der Waals surface area contributed by atoms with Crippen molar-refractivity contribution >= 4 is 38.2 Å². The van der Waals surface area contributed by atoms with Crippen LogP contribution in [0, 0.1) is 6.92 Å². The molecule has 0 aliphatic heterocycles. The highest BCUT2D eigenvalue weighted by molar-refractivity contribution is 9.10. The Hall–Kier alpha value is -2.93. The van der Waals surface area contributed by atoms with Gasteiger partial charge >= 0.3 is 0 Å². The molecule has 1 atom stereocenters. The first-order chi connectivity index (χ1) is 15.5. The normalized spacial score (nSPS) is 12.1. The Morgan fingerprint density at radius 2 is 1.81 bits per heavy atom. The van der Waals surface area contributed by atoms with Crippen molar-refractivity contribution in [1.29, 1.82) is 0 Å². The number of pyridine rings is 1. The van der Waals surface area contributed by atoms with Gasteiger partial charge in [0.1, 0.15) is 0 Å². The third-order valence-corrected chi connectivity index (χ3v) is 5.98. The van der Waals surface area contributed by atoms with Gasteiger partial charge in [-0.15, -0.1) is 0 Å². The van der Waals surface area contributed by atoms with E-state index in [4.69, 9.17) is 0 Å². The van der Waals surface area contributed by atoms with Gasteiger partial charge in [-0.05, 0) is 73.0 Å². The zero-order valence-corrected chi connectivity index (χ0v) is 19.4. The SMILES string of the molecule is Cc1ccc([C@@H](O)CNCCc2ccc(Nc3cccc(Br)c3)cc2)c2ccc(=O)[nH]c12. The van der Waals surface area contributed by atoms with Crippen LogP contribution in [0.2, 0.25) is 0 Å². The molecular formula is C26H26BrN3O2. The Kier molecular flexibility index (Phi) is 7.05. The van der Waals surface area contributed by atoms with Crippen LogP contribution in [0.5, 0.6) is 0 Å². The predicted molar refractivity (Wildman–Crippen MR) is 135 cm³/mol. The molecule has 0 unspecified atom stereocenters. The maximum Gasteiger partial charge on any atom is 0.248 e. The maximum absolute atomic E-state index is 11.7. The Morgan fingerprint density at radius 3 is 2.59 bits per heavy atom. The van der Waals surface area contributed by atoms with Crippen molar-refractivity contribution in [2.24, 2.45) is 0 Å². The summed E-state index contributed by atoms with van der Waals surface area (Å²) in [4.78, 5) is 14.5. The summed E-state index contributed by atoms with van der Waals surface area (Å²) in [6.07, 6.45) is 0.215. The highest BCUT2D eigenvalue weighted by atomic mass is 79.9. The molecule has 5 nitrogen and oxygen atoms in total. The summed E-state index contributed by atoms with van der Waals surface area (Å²) < 4.78 is 1.04. The van der Waals surface area contributed by atoms with Crippen molar-refractivity contribution in [2.75, 3.05) is 18.4 Å². The smallest absolute Gasteiger partial charge is 0.248 e. The molecule has 0 amide bonds. The molecule has 1 aromatic heterocycles. The van der Waals surface area contributed by atoms with E-state index in [0.29, 0.717) is 6.54 Å². The largest absolute Gasteiger partial charge is 0.387 e. The van der Waals surface area contributed by atoms with Gasteiger partial charge in [-0.3, -0.25) is 4.79 Å². The maximum atomic E-state index is 11.7. The summed E-state index contributed by atoms with van der Waals surface area (Å²) in [7, 11) is 0. The number of aromatic amines is 1. The molecule has 6 heteroatoms. The first-order valence-electron chi connectivity index (χ1n) is 10.6. The van der Waals surface area contributed by atoms with Gasteiger partial charge in [0.15, 0.2) is 0 Å². The topological polar surface area (TPSA) is 77.2 Å². The van der Waals surface area contributed by atoms with Crippen molar-refractivity contribution in [1.82, 2.24) is 10.3 Å². The van der Waals surface area contributed by atoms with Crippen LogP contribution in [0.1, 0.15) is 22.8 Å². The van der Waals surface area contributed by atoms with E-state index >= 15 is 0 Å². The number of aliphatic hydroxyl groups excluding tert-OH is 1. The van der Waals surface area contributed by atoms with E-state index in [0.717, 1.165) is 50.8 Å². The van der Waals surface area contributed by atoms with Crippen LogP contribution < -0.4 is 16.2 Å². The Morgan fingerprint density at radius 1 is 1.00 bits per heavy atom. The molecule has 4 rings (SSSR count). The molecule has 164 valence electrons. The molecule has 0 fully saturated rings. The van der Waals surface area contributed by atoms with Gasteiger partial charge in [0, 0.05) is 33.8 Å². The number of rotatable bonds is 8. The standard InChI is InChI=1S/C26H26BrN3O2/c1-17-5-10-22(23-11-12-25(32)30-26(17)23)24(31)16-28-14-13-18-6-8-20(9-7-18)29-21-4-2-3-19(27)15-21/h2-12,15,24,28-29,31H,13-14,16H2,1H3,(H,30,32)/t24-/m0/s1. The predicted octanol–water partition coefficient (Wildman–Crippen LogP) is 5.21. The number of aromatic nitrogens is 1. The summed E-state index contributed by atoms with van der Waals surface area (Å²) in [6, 6.07) is 23.6. The first-order valence-corrected chi connectivity index (χ1v) is 11.4. The Labute approximate surface area is 195 Å². The van der Waals surface area contributed by atoms with Gasteiger partial charge in [0.05, 0.1) is 11.6 Å². The van der Waals surface area contributed by atoms with Crippen LogP contribution in [0.3, 0.4) is 0 Å². The van der Waals surface area contributed by atoms with Crippen LogP contribution in [0.4, 0.5) is 11.4 Å². The zero-order valence-electron chi connectivity index (χ0n) is 17.9. The van der Waals surface area contributed by atoms with Crippen LogP contribution in [0.25, 0.3) is 10.9 Å². The summed E-state index contributed by atoms with van der Waals surface area (Å²) in [5.74, 6) is 0. The van der Waals surface area contributed by atoms with Gasteiger partial charge in [-0.1, -0.05) is 46.3 Å². The second kappa shape index (κ2) is 10.1. The minimum Gasteiger partial charge on any atom is -0.387 e. The lowest BCUT2D eigenvalue weighted by Gasteiger charge is -2.16. The van der Waals surface area contributed by atoms with Gasteiger partial charge in [-0.25, -0.2) is 0 Å². The molecule has 0 aliphatic carbocycles. The lowest BCUT2D eigenvalue weighted by Crippen LogP contribution is -2.24. The molecule has 0 radical (unpaired) electrons. The van der Waals surface area contributed by atoms with Gasteiger partial charge in [0.2, 0.25) is 5.56 Å². The fourth-order valence-electron chi connectivity index (χ4n) is 3.77. The minimum absolute atomic E-state index is 0.136. The number of anilines is 2. The van der Waals surface area contributed by atoms with E-state index in [9.17, 15) is 9.90 Å². The first kappa shape index (κ1) is 22.3. The molecule has 0 spiro atoms. The molecule has 32 heavy (non-hydrogen) atoms. The molecule has 4 N–H and O–H groups in total. The van der Waals surface area contributed by atoms with Crippen molar-refractivity contribution in [3.63, 3.8) is 0 Å². The molecular weight excluding hydrogens is 466 g/mol. The fourth-order valence-corrected chi connectivity index (χ4v) is 4.17. The van der Waals surface area contributed by atoms with Gasteiger partial charge < -0.3 is 20.7 Å². The number of hydrogen-bond donors (Lipinski definition) is 4. The van der Waals surface area contributed by atoms with Gasteiger partial charge in [0.25, 0.3) is 0 Å². The van der Waals surface area contributed by atoms with Crippen molar-refractivity contribution in [2.45, 2.75) is 19.4 Å². The monoisotopic (exact) mass is 491 g/mol. The number of nitrogens with one attached hydrogen (secondary N) is 3. The molecule has 0 saturated carbocycles. The molecule has 1 heterocycles. The number of benzene rings is 3. The quantitative estimate of drug-likeness (QED) is 0.255. The fraction of sp³-hybridized carbons (Fsp3) is 0.192. The van der Waals surface area contributed by atoms with Gasteiger partial charge in [-0.2, -0.15) is 0 Å². The second-order valence-electron chi connectivity index (χ2n) is 7.89. The average molecular weight is 492 g/mol. The molecule has 0 saturated heterocycles. The third-order valence-electron chi connectivity index (χ3n) is 5.49. The molecule has 3 aromatic carbocycles. The number of hydrogen-bond acceptors (Lipinski definition) is 4. The summed E-state index contributed by atoms with van der Waals surface area (Å²) >= 11 is 3.49. The van der Waals surface area contributed by atoms with Crippen LogP contribution in [0.15, 0.2) is 82.1 Å². The summed E-state index contributed by atoms with van der Waals surface area (Å²) in [5.41, 5.74) is 5.76. The lowest BCUT2D eigenvalue weighted by molar-refractivity contribution is 0.176.